The van der Waals surface area contributed by atoms with Crippen molar-refractivity contribution in [2.24, 2.45) is 5.41 Å². The minimum atomic E-state index is -0.110. The summed E-state index contributed by atoms with van der Waals surface area (Å²) in [5, 5.41) is 3.46. The van der Waals surface area contributed by atoms with E-state index in [1.165, 1.54) is 0 Å². The minimum absolute atomic E-state index is 0.110. The maximum atomic E-state index is 12.0. The predicted molar refractivity (Wildman–Crippen MR) is 88.3 cm³/mol. The molecule has 0 fully saturated rings. The molecule has 1 aromatic carbocycles. The summed E-state index contributed by atoms with van der Waals surface area (Å²) in [6, 6.07) is 5.17. The first-order valence-corrected chi connectivity index (χ1v) is 8.14. The Labute approximate surface area is 136 Å². The Morgan fingerprint density at radius 1 is 1.37 bits per heavy atom. The van der Waals surface area contributed by atoms with E-state index in [2.05, 4.69) is 57.9 Å². The van der Waals surface area contributed by atoms with Crippen molar-refractivity contribution in [2.75, 3.05) is 6.54 Å². The second kappa shape index (κ2) is 7.09. The fourth-order valence-electron chi connectivity index (χ4n) is 1.73. The molecular weight excluding hydrogens is 393 g/mol. The lowest BCUT2D eigenvalue weighted by Gasteiger charge is -2.22. The van der Waals surface area contributed by atoms with E-state index in [0.717, 1.165) is 10.9 Å². The number of halogens is 3. The lowest BCUT2D eigenvalue weighted by atomic mass is 9.90. The van der Waals surface area contributed by atoms with Gasteiger partial charge in [-0.3, -0.25) is 4.79 Å². The number of amides is 1. The SMILES string of the molecule is CC(C)(C)CC(Br)CNC(=O)c1cc(Cl)cc(Br)c1. The first-order valence-electron chi connectivity index (χ1n) is 6.06. The molecule has 0 bridgehead atoms. The molecule has 1 unspecified atom stereocenters. The van der Waals surface area contributed by atoms with E-state index in [0.29, 0.717) is 17.1 Å². The van der Waals surface area contributed by atoms with Crippen LogP contribution in [0, 0.1) is 5.41 Å². The van der Waals surface area contributed by atoms with Crippen LogP contribution in [-0.4, -0.2) is 17.3 Å². The lowest BCUT2D eigenvalue weighted by Crippen LogP contribution is -2.31. The summed E-state index contributed by atoms with van der Waals surface area (Å²) in [6.45, 7) is 7.13. The molecule has 0 aromatic heterocycles. The highest BCUT2D eigenvalue weighted by molar-refractivity contribution is 9.10. The van der Waals surface area contributed by atoms with Crippen molar-refractivity contribution in [1.29, 1.82) is 0 Å². The largest absolute Gasteiger partial charge is 0.351 e. The third-order valence-electron chi connectivity index (χ3n) is 2.44. The minimum Gasteiger partial charge on any atom is -0.351 e. The molecule has 0 saturated heterocycles. The average Bonchev–Trinajstić information content (AvgIpc) is 2.22. The van der Waals surface area contributed by atoms with Gasteiger partial charge in [0.1, 0.15) is 0 Å². The van der Waals surface area contributed by atoms with Crippen molar-refractivity contribution in [3.05, 3.63) is 33.3 Å². The third-order valence-corrected chi connectivity index (χ3v) is 3.77. The maximum absolute atomic E-state index is 12.0. The Morgan fingerprint density at radius 2 is 2.00 bits per heavy atom. The molecule has 0 saturated carbocycles. The standard InChI is InChI=1S/C14H18Br2ClNO/c1-14(2,3)7-11(16)8-18-13(19)9-4-10(15)6-12(17)5-9/h4-6,11H,7-8H2,1-3H3,(H,18,19). The molecule has 0 radical (unpaired) electrons. The van der Waals surface area contributed by atoms with Gasteiger partial charge in [-0.25, -0.2) is 0 Å². The fraction of sp³-hybridized carbons (Fsp3) is 0.500. The van der Waals surface area contributed by atoms with E-state index in [1.54, 1.807) is 18.2 Å². The van der Waals surface area contributed by atoms with Crippen LogP contribution in [0.5, 0.6) is 0 Å². The molecule has 106 valence electrons. The van der Waals surface area contributed by atoms with Gasteiger partial charge in [0, 0.05) is 26.4 Å². The zero-order chi connectivity index (χ0) is 14.6. The van der Waals surface area contributed by atoms with Gasteiger partial charge in [0.2, 0.25) is 0 Å². The first kappa shape index (κ1) is 17.0. The Hall–Kier alpha value is -0.0600. The van der Waals surface area contributed by atoms with Crippen LogP contribution < -0.4 is 5.32 Å². The highest BCUT2D eigenvalue weighted by atomic mass is 79.9. The van der Waals surface area contributed by atoms with Gasteiger partial charge in [0.05, 0.1) is 0 Å². The summed E-state index contributed by atoms with van der Waals surface area (Å²) < 4.78 is 0.801. The average molecular weight is 412 g/mol. The van der Waals surface area contributed by atoms with Crippen LogP contribution in [0.15, 0.2) is 22.7 Å². The molecule has 0 aliphatic carbocycles. The van der Waals surface area contributed by atoms with Gasteiger partial charge in [0.25, 0.3) is 5.91 Å². The molecule has 0 aliphatic heterocycles. The number of alkyl halides is 1. The quantitative estimate of drug-likeness (QED) is 0.692. The second-order valence-electron chi connectivity index (χ2n) is 5.73. The van der Waals surface area contributed by atoms with Crippen LogP contribution in [0.4, 0.5) is 0 Å². The Kier molecular flexibility index (Phi) is 6.34. The summed E-state index contributed by atoms with van der Waals surface area (Å²) >= 11 is 12.8. The van der Waals surface area contributed by atoms with Gasteiger partial charge < -0.3 is 5.32 Å². The molecular formula is C14H18Br2ClNO. The van der Waals surface area contributed by atoms with Gasteiger partial charge in [-0.15, -0.1) is 0 Å². The van der Waals surface area contributed by atoms with Gasteiger partial charge in [0.15, 0.2) is 0 Å². The van der Waals surface area contributed by atoms with Crippen LogP contribution in [0.25, 0.3) is 0 Å². The van der Waals surface area contributed by atoms with E-state index in [-0.39, 0.29) is 16.1 Å². The van der Waals surface area contributed by atoms with Gasteiger partial charge >= 0.3 is 0 Å². The van der Waals surface area contributed by atoms with E-state index >= 15 is 0 Å². The van der Waals surface area contributed by atoms with Crippen molar-refractivity contribution >= 4 is 49.4 Å². The second-order valence-corrected chi connectivity index (χ2v) is 8.38. The molecule has 5 heteroatoms. The smallest absolute Gasteiger partial charge is 0.251 e. The summed E-state index contributed by atoms with van der Waals surface area (Å²) in [5.74, 6) is -0.110. The molecule has 1 atom stereocenters. The van der Waals surface area contributed by atoms with Crippen molar-refractivity contribution < 1.29 is 4.79 Å². The van der Waals surface area contributed by atoms with Crippen molar-refractivity contribution in [2.45, 2.75) is 32.0 Å². The number of nitrogens with one attached hydrogen (secondary N) is 1. The zero-order valence-corrected chi connectivity index (χ0v) is 15.2. The maximum Gasteiger partial charge on any atom is 0.251 e. The Bertz CT molecular complexity index is 437. The molecule has 1 aromatic rings. The number of benzene rings is 1. The van der Waals surface area contributed by atoms with Crippen molar-refractivity contribution in [1.82, 2.24) is 5.32 Å². The number of carbonyl (C=O) groups is 1. The first-order chi connectivity index (χ1) is 8.67. The van der Waals surface area contributed by atoms with E-state index in [4.69, 9.17) is 11.6 Å². The Balaban J connectivity index is 2.56. The van der Waals surface area contributed by atoms with E-state index in [9.17, 15) is 4.79 Å². The van der Waals surface area contributed by atoms with Crippen LogP contribution >= 0.6 is 43.5 Å². The number of carbonyl (C=O) groups excluding carboxylic acids is 1. The molecule has 0 spiro atoms. The van der Waals surface area contributed by atoms with Gasteiger partial charge in [-0.05, 0) is 30.0 Å². The van der Waals surface area contributed by atoms with Crippen LogP contribution in [-0.2, 0) is 0 Å². The normalized spacial score (nSPS) is 13.2. The van der Waals surface area contributed by atoms with E-state index < -0.39 is 0 Å². The topological polar surface area (TPSA) is 29.1 Å². The summed E-state index contributed by atoms with van der Waals surface area (Å²) in [5.41, 5.74) is 0.799. The molecule has 19 heavy (non-hydrogen) atoms. The van der Waals surface area contributed by atoms with Crippen LogP contribution in [0.1, 0.15) is 37.6 Å². The molecule has 0 aliphatic rings. The monoisotopic (exact) mass is 409 g/mol. The Morgan fingerprint density at radius 3 is 2.53 bits per heavy atom. The molecule has 2 nitrogen and oxygen atoms in total. The van der Waals surface area contributed by atoms with Gasteiger partial charge in [-0.1, -0.05) is 64.2 Å². The molecule has 1 N–H and O–H groups in total. The zero-order valence-electron chi connectivity index (χ0n) is 11.3. The summed E-state index contributed by atoms with van der Waals surface area (Å²) in [6.07, 6.45) is 0.993. The summed E-state index contributed by atoms with van der Waals surface area (Å²) in [7, 11) is 0. The molecule has 0 heterocycles. The fourth-order valence-corrected chi connectivity index (χ4v) is 3.72. The number of rotatable bonds is 4. The van der Waals surface area contributed by atoms with Crippen LogP contribution in [0.3, 0.4) is 0 Å². The van der Waals surface area contributed by atoms with Crippen molar-refractivity contribution in [3.63, 3.8) is 0 Å². The van der Waals surface area contributed by atoms with Crippen LogP contribution in [0.2, 0.25) is 5.02 Å². The molecule has 1 rings (SSSR count). The van der Waals surface area contributed by atoms with Crippen molar-refractivity contribution in [3.8, 4) is 0 Å². The lowest BCUT2D eigenvalue weighted by molar-refractivity contribution is 0.0952. The number of hydrogen-bond acceptors (Lipinski definition) is 1. The third kappa shape index (κ3) is 6.77. The summed E-state index contributed by atoms with van der Waals surface area (Å²) in [4.78, 5) is 12.3. The van der Waals surface area contributed by atoms with E-state index in [1.807, 2.05) is 0 Å². The van der Waals surface area contributed by atoms with Gasteiger partial charge in [-0.2, -0.15) is 0 Å². The predicted octanol–water partition coefficient (Wildman–Crippen LogP) is 5.03. The molecule has 1 amide bonds. The number of hydrogen-bond donors (Lipinski definition) is 1. The highest BCUT2D eigenvalue weighted by Crippen LogP contribution is 2.24. The highest BCUT2D eigenvalue weighted by Gasteiger charge is 2.17.